The molecule has 21 heavy (non-hydrogen) atoms. The van der Waals surface area contributed by atoms with Crippen molar-refractivity contribution in [3.05, 3.63) is 24.3 Å². The predicted octanol–water partition coefficient (Wildman–Crippen LogP) is 0.258. The first-order chi connectivity index (χ1) is 10.2. The second kappa shape index (κ2) is 7.49. The molecule has 2 N–H and O–H groups in total. The lowest BCUT2D eigenvalue weighted by Crippen LogP contribution is -2.46. The Balaban J connectivity index is 1.67. The van der Waals surface area contributed by atoms with Crippen LogP contribution in [0.3, 0.4) is 0 Å². The van der Waals surface area contributed by atoms with E-state index in [1.165, 1.54) is 0 Å². The first-order valence-electron chi connectivity index (χ1n) is 6.62. The van der Waals surface area contributed by atoms with Crippen LogP contribution in [0.15, 0.2) is 24.3 Å². The van der Waals surface area contributed by atoms with Crippen LogP contribution in [0.5, 0.6) is 11.5 Å². The van der Waals surface area contributed by atoms with E-state index in [4.69, 9.17) is 14.2 Å². The molecule has 0 saturated carbocycles. The Morgan fingerprint density at radius 2 is 1.95 bits per heavy atom. The highest BCUT2D eigenvalue weighted by molar-refractivity contribution is 5.84. The molecule has 0 aromatic heterocycles. The SMILES string of the molecule is COc1ccc(OCC(=O)NNC(=O)C2CCOC2)cc1. The monoisotopic (exact) mass is 294 g/mol. The maximum atomic E-state index is 11.6. The summed E-state index contributed by atoms with van der Waals surface area (Å²) in [5.41, 5.74) is 4.67. The van der Waals surface area contributed by atoms with E-state index in [9.17, 15) is 9.59 Å². The number of carbonyl (C=O) groups is 2. The van der Waals surface area contributed by atoms with Gasteiger partial charge < -0.3 is 14.2 Å². The van der Waals surface area contributed by atoms with Gasteiger partial charge in [0.2, 0.25) is 5.91 Å². The van der Waals surface area contributed by atoms with Crippen LogP contribution in [-0.4, -0.2) is 38.7 Å². The molecule has 1 heterocycles. The topological polar surface area (TPSA) is 85.9 Å². The van der Waals surface area contributed by atoms with Crippen LogP contribution in [-0.2, 0) is 14.3 Å². The van der Waals surface area contributed by atoms with E-state index in [0.29, 0.717) is 31.1 Å². The van der Waals surface area contributed by atoms with Crippen molar-refractivity contribution in [3.63, 3.8) is 0 Å². The fourth-order valence-corrected chi connectivity index (χ4v) is 1.83. The zero-order chi connectivity index (χ0) is 15.1. The van der Waals surface area contributed by atoms with Gasteiger partial charge in [-0.05, 0) is 30.7 Å². The molecule has 0 spiro atoms. The number of hydrogen-bond acceptors (Lipinski definition) is 5. The van der Waals surface area contributed by atoms with Gasteiger partial charge in [0, 0.05) is 6.61 Å². The number of methoxy groups -OCH3 is 1. The molecule has 0 radical (unpaired) electrons. The molecule has 2 rings (SSSR count). The molecular formula is C14H18N2O5. The van der Waals surface area contributed by atoms with Crippen LogP contribution in [0.4, 0.5) is 0 Å². The molecule has 1 unspecified atom stereocenters. The highest BCUT2D eigenvalue weighted by atomic mass is 16.5. The number of nitrogens with one attached hydrogen (secondary N) is 2. The first-order valence-corrected chi connectivity index (χ1v) is 6.62. The summed E-state index contributed by atoms with van der Waals surface area (Å²) < 4.78 is 15.4. The standard InChI is InChI=1S/C14H18N2O5/c1-19-11-2-4-12(5-3-11)21-9-13(17)15-16-14(18)10-6-7-20-8-10/h2-5,10H,6-9H2,1H3,(H,15,17)(H,16,18). The Bertz CT molecular complexity index is 483. The Hall–Kier alpha value is -2.28. The van der Waals surface area contributed by atoms with Crippen LogP contribution >= 0.6 is 0 Å². The maximum Gasteiger partial charge on any atom is 0.276 e. The molecule has 1 aliphatic heterocycles. The van der Waals surface area contributed by atoms with E-state index in [2.05, 4.69) is 10.9 Å². The van der Waals surface area contributed by atoms with E-state index in [1.807, 2.05) is 0 Å². The van der Waals surface area contributed by atoms with Gasteiger partial charge in [-0.15, -0.1) is 0 Å². The van der Waals surface area contributed by atoms with E-state index < -0.39 is 5.91 Å². The van der Waals surface area contributed by atoms with Crippen molar-refractivity contribution in [1.82, 2.24) is 10.9 Å². The lowest BCUT2D eigenvalue weighted by Gasteiger charge is -2.11. The van der Waals surface area contributed by atoms with E-state index in [0.717, 1.165) is 0 Å². The largest absolute Gasteiger partial charge is 0.497 e. The van der Waals surface area contributed by atoms with Crippen molar-refractivity contribution in [1.29, 1.82) is 0 Å². The number of rotatable bonds is 5. The van der Waals surface area contributed by atoms with Gasteiger partial charge in [-0.25, -0.2) is 0 Å². The van der Waals surface area contributed by atoms with Gasteiger partial charge in [-0.3, -0.25) is 20.4 Å². The van der Waals surface area contributed by atoms with Gasteiger partial charge in [0.15, 0.2) is 6.61 Å². The van der Waals surface area contributed by atoms with Crippen LogP contribution in [0.25, 0.3) is 0 Å². The highest BCUT2D eigenvalue weighted by Gasteiger charge is 2.23. The predicted molar refractivity (Wildman–Crippen MR) is 73.7 cm³/mol. The summed E-state index contributed by atoms with van der Waals surface area (Å²) in [6.07, 6.45) is 0.671. The second-order valence-electron chi connectivity index (χ2n) is 4.56. The molecule has 1 aliphatic rings. The third-order valence-electron chi connectivity index (χ3n) is 3.05. The van der Waals surface area contributed by atoms with Gasteiger partial charge in [-0.2, -0.15) is 0 Å². The summed E-state index contributed by atoms with van der Waals surface area (Å²) in [5, 5.41) is 0. The molecule has 0 aliphatic carbocycles. The van der Waals surface area contributed by atoms with Crippen molar-refractivity contribution in [2.75, 3.05) is 26.9 Å². The number of hydrogen-bond donors (Lipinski definition) is 2. The zero-order valence-corrected chi connectivity index (χ0v) is 11.8. The van der Waals surface area contributed by atoms with Crippen LogP contribution in [0.2, 0.25) is 0 Å². The summed E-state index contributed by atoms with van der Waals surface area (Å²) in [4.78, 5) is 23.2. The Labute approximate surface area is 122 Å². The molecule has 7 nitrogen and oxygen atoms in total. The summed E-state index contributed by atoms with van der Waals surface area (Å²) in [7, 11) is 1.57. The average molecular weight is 294 g/mol. The summed E-state index contributed by atoms with van der Waals surface area (Å²) in [5.74, 6) is 0.371. The van der Waals surface area contributed by atoms with Gasteiger partial charge in [0.1, 0.15) is 11.5 Å². The van der Waals surface area contributed by atoms with Crippen molar-refractivity contribution < 1.29 is 23.8 Å². The van der Waals surface area contributed by atoms with Crippen molar-refractivity contribution in [2.45, 2.75) is 6.42 Å². The van der Waals surface area contributed by atoms with Crippen LogP contribution < -0.4 is 20.3 Å². The normalized spacial score (nSPS) is 17.1. The molecule has 2 amide bonds. The molecule has 7 heteroatoms. The fourth-order valence-electron chi connectivity index (χ4n) is 1.83. The number of amides is 2. The summed E-state index contributed by atoms with van der Waals surface area (Å²) in [6, 6.07) is 6.85. The zero-order valence-electron chi connectivity index (χ0n) is 11.8. The number of hydrazine groups is 1. The number of carbonyl (C=O) groups excluding carboxylic acids is 2. The number of ether oxygens (including phenoxy) is 3. The lowest BCUT2D eigenvalue weighted by atomic mass is 10.1. The van der Waals surface area contributed by atoms with Gasteiger partial charge in [-0.1, -0.05) is 0 Å². The minimum atomic E-state index is -0.432. The molecule has 1 saturated heterocycles. The van der Waals surface area contributed by atoms with E-state index >= 15 is 0 Å². The molecular weight excluding hydrogens is 276 g/mol. The van der Waals surface area contributed by atoms with E-state index in [-0.39, 0.29) is 18.4 Å². The molecule has 1 aromatic rings. The minimum Gasteiger partial charge on any atom is -0.497 e. The molecule has 1 atom stereocenters. The van der Waals surface area contributed by atoms with Crippen molar-refractivity contribution in [3.8, 4) is 11.5 Å². The maximum absolute atomic E-state index is 11.6. The fraction of sp³-hybridized carbons (Fsp3) is 0.429. The highest BCUT2D eigenvalue weighted by Crippen LogP contribution is 2.16. The summed E-state index contributed by atoms with van der Waals surface area (Å²) >= 11 is 0. The van der Waals surface area contributed by atoms with Gasteiger partial charge in [0.25, 0.3) is 5.91 Å². The van der Waals surface area contributed by atoms with Crippen molar-refractivity contribution in [2.24, 2.45) is 5.92 Å². The van der Waals surface area contributed by atoms with Gasteiger partial charge in [0.05, 0.1) is 19.6 Å². The third kappa shape index (κ3) is 4.64. The first kappa shape index (κ1) is 15.1. The average Bonchev–Trinajstić information content (AvgIpc) is 3.05. The summed E-state index contributed by atoms with van der Waals surface area (Å²) in [6.45, 7) is 0.782. The lowest BCUT2D eigenvalue weighted by molar-refractivity contribution is -0.132. The Morgan fingerprint density at radius 1 is 1.24 bits per heavy atom. The smallest absolute Gasteiger partial charge is 0.276 e. The Kier molecular flexibility index (Phi) is 5.39. The minimum absolute atomic E-state index is 0.187. The van der Waals surface area contributed by atoms with Crippen LogP contribution in [0.1, 0.15) is 6.42 Å². The van der Waals surface area contributed by atoms with Gasteiger partial charge >= 0.3 is 0 Å². The molecule has 114 valence electrons. The molecule has 0 bridgehead atoms. The Morgan fingerprint density at radius 3 is 2.57 bits per heavy atom. The third-order valence-corrected chi connectivity index (χ3v) is 3.05. The van der Waals surface area contributed by atoms with Crippen LogP contribution in [0, 0.1) is 5.92 Å². The second-order valence-corrected chi connectivity index (χ2v) is 4.56. The van der Waals surface area contributed by atoms with Crippen molar-refractivity contribution >= 4 is 11.8 Å². The molecule has 1 fully saturated rings. The quantitative estimate of drug-likeness (QED) is 0.761. The van der Waals surface area contributed by atoms with E-state index in [1.54, 1.807) is 31.4 Å². The number of benzene rings is 1. The molecule has 1 aromatic carbocycles.